The van der Waals surface area contributed by atoms with Crippen molar-refractivity contribution in [1.29, 1.82) is 0 Å². The highest BCUT2D eigenvalue weighted by Gasteiger charge is 2.07. The van der Waals surface area contributed by atoms with Crippen LogP contribution in [0.25, 0.3) is 10.8 Å². The molecule has 1 aromatic heterocycles. The van der Waals surface area contributed by atoms with E-state index in [0.29, 0.717) is 11.1 Å². The van der Waals surface area contributed by atoms with Gasteiger partial charge in [-0.25, -0.2) is 0 Å². The lowest BCUT2D eigenvalue weighted by atomic mass is 10.1. The number of H-pyrrole nitrogens is 1. The molecule has 22 heavy (non-hydrogen) atoms. The number of aromatic nitrogens is 1. The number of hydrogen-bond donors (Lipinski definition) is 1. The van der Waals surface area contributed by atoms with Gasteiger partial charge >= 0.3 is 0 Å². The Morgan fingerprint density at radius 2 is 2.00 bits per heavy atom. The van der Waals surface area contributed by atoms with Crippen LogP contribution >= 0.6 is 0 Å². The maximum Gasteiger partial charge on any atom is 0.256 e. The molecule has 1 N–H and O–H groups in total. The third kappa shape index (κ3) is 4.32. The van der Waals surface area contributed by atoms with E-state index in [1.165, 1.54) is 0 Å². The van der Waals surface area contributed by atoms with Crippen molar-refractivity contribution in [3.63, 3.8) is 0 Å². The van der Waals surface area contributed by atoms with Crippen LogP contribution in [0.1, 0.15) is 18.5 Å². The number of unbranched alkanes of at least 4 members (excludes halogenated alkanes) is 1. The fourth-order valence-corrected chi connectivity index (χ4v) is 2.44. The third-order valence-corrected chi connectivity index (χ3v) is 3.54. The Morgan fingerprint density at radius 1 is 1.18 bits per heavy atom. The Bertz CT molecular complexity index is 664. The first-order valence-electron chi connectivity index (χ1n) is 7.53. The van der Waals surface area contributed by atoms with Gasteiger partial charge in [-0.05, 0) is 58.1 Å². The summed E-state index contributed by atoms with van der Waals surface area (Å²) in [5.74, 6) is 0.681. The number of pyridine rings is 1. The van der Waals surface area contributed by atoms with Crippen LogP contribution in [0.5, 0.6) is 5.75 Å². The monoisotopic (exact) mass is 304 g/mol. The van der Waals surface area contributed by atoms with Crippen LogP contribution in [0.15, 0.2) is 29.1 Å². The van der Waals surface area contributed by atoms with Crippen LogP contribution in [0.2, 0.25) is 0 Å². The largest absolute Gasteiger partial charge is 0.467 e. The lowest BCUT2D eigenvalue weighted by Gasteiger charge is -2.11. The van der Waals surface area contributed by atoms with Crippen molar-refractivity contribution in [2.75, 3.05) is 34.5 Å². The van der Waals surface area contributed by atoms with E-state index in [1.54, 1.807) is 7.11 Å². The average Bonchev–Trinajstić information content (AvgIpc) is 2.49. The van der Waals surface area contributed by atoms with Gasteiger partial charge in [-0.1, -0.05) is 6.07 Å². The molecule has 2 rings (SSSR count). The summed E-state index contributed by atoms with van der Waals surface area (Å²) in [6.07, 6.45) is 3.01. The van der Waals surface area contributed by atoms with Gasteiger partial charge in [0.1, 0.15) is 5.75 Å². The molecule has 0 aliphatic heterocycles. The summed E-state index contributed by atoms with van der Waals surface area (Å²) < 4.78 is 10.5. The highest BCUT2D eigenvalue weighted by molar-refractivity contribution is 5.87. The molecule has 0 unspecified atom stereocenters. The zero-order valence-electron chi connectivity index (χ0n) is 13.5. The fraction of sp³-hybridized carbons (Fsp3) is 0.471. The molecule has 0 saturated heterocycles. The van der Waals surface area contributed by atoms with Gasteiger partial charge in [-0.15, -0.1) is 0 Å². The Morgan fingerprint density at radius 3 is 2.73 bits per heavy atom. The summed E-state index contributed by atoms with van der Waals surface area (Å²) in [5, 5.41) is 1.48. The molecule has 0 bridgehead atoms. The molecule has 0 aliphatic rings. The van der Waals surface area contributed by atoms with E-state index in [0.717, 1.165) is 36.9 Å². The molecule has 0 fully saturated rings. The maximum absolute atomic E-state index is 12.2. The molecular weight excluding hydrogens is 280 g/mol. The van der Waals surface area contributed by atoms with Crippen LogP contribution in [0.4, 0.5) is 0 Å². The molecular formula is C17H24N2O3. The molecule has 0 amide bonds. The molecule has 0 atom stereocenters. The maximum atomic E-state index is 12.2. The SMILES string of the molecule is COCOc1cccc2c(=O)[nH]c(CCCCN(C)C)cc12. The highest BCUT2D eigenvalue weighted by Crippen LogP contribution is 2.24. The molecule has 0 aliphatic carbocycles. The van der Waals surface area contributed by atoms with Gasteiger partial charge < -0.3 is 19.4 Å². The van der Waals surface area contributed by atoms with Crippen molar-refractivity contribution < 1.29 is 9.47 Å². The van der Waals surface area contributed by atoms with Gasteiger partial charge in [-0.3, -0.25) is 4.79 Å². The Hall–Kier alpha value is -1.85. The lowest BCUT2D eigenvalue weighted by molar-refractivity contribution is 0.0522. The van der Waals surface area contributed by atoms with Gasteiger partial charge in [0, 0.05) is 18.2 Å². The normalized spacial score (nSPS) is 11.3. The first kappa shape index (κ1) is 16.5. The van der Waals surface area contributed by atoms with Crippen LogP contribution in [-0.4, -0.2) is 44.4 Å². The summed E-state index contributed by atoms with van der Waals surface area (Å²) in [6, 6.07) is 7.50. The number of fused-ring (bicyclic) bond motifs is 1. The number of benzene rings is 1. The minimum absolute atomic E-state index is 0.0667. The molecule has 0 spiro atoms. The second kappa shape index (κ2) is 7.96. The zero-order valence-corrected chi connectivity index (χ0v) is 13.5. The average molecular weight is 304 g/mol. The van der Waals surface area contributed by atoms with Crippen molar-refractivity contribution in [3.8, 4) is 5.75 Å². The van der Waals surface area contributed by atoms with E-state index in [2.05, 4.69) is 24.0 Å². The quantitative estimate of drug-likeness (QED) is 0.601. The minimum Gasteiger partial charge on any atom is -0.467 e. The van der Waals surface area contributed by atoms with E-state index in [1.807, 2.05) is 24.3 Å². The number of aryl methyl sites for hydroxylation is 1. The van der Waals surface area contributed by atoms with E-state index in [9.17, 15) is 4.79 Å². The number of nitrogens with one attached hydrogen (secondary N) is 1. The predicted octanol–water partition coefficient (Wildman–Crippen LogP) is 2.40. The van der Waals surface area contributed by atoms with Crippen LogP contribution in [0, 0.1) is 0 Å². The summed E-state index contributed by atoms with van der Waals surface area (Å²) in [5.41, 5.74) is 0.882. The fourth-order valence-electron chi connectivity index (χ4n) is 2.44. The Kier molecular flexibility index (Phi) is 5.98. The first-order valence-corrected chi connectivity index (χ1v) is 7.53. The Balaban J connectivity index is 2.20. The second-order valence-electron chi connectivity index (χ2n) is 5.65. The van der Waals surface area contributed by atoms with Crippen molar-refractivity contribution in [1.82, 2.24) is 9.88 Å². The number of methoxy groups -OCH3 is 1. The van der Waals surface area contributed by atoms with E-state index < -0.39 is 0 Å². The predicted molar refractivity (Wildman–Crippen MR) is 88.6 cm³/mol. The molecule has 120 valence electrons. The Labute approximate surface area is 130 Å². The van der Waals surface area contributed by atoms with Crippen molar-refractivity contribution >= 4 is 10.8 Å². The number of aromatic amines is 1. The number of rotatable bonds is 8. The topological polar surface area (TPSA) is 54.6 Å². The molecule has 0 radical (unpaired) electrons. The van der Waals surface area contributed by atoms with Gasteiger partial charge in [0.25, 0.3) is 5.56 Å². The smallest absolute Gasteiger partial charge is 0.256 e. The summed E-state index contributed by atoms with van der Waals surface area (Å²) in [6.45, 7) is 1.23. The van der Waals surface area contributed by atoms with E-state index in [-0.39, 0.29) is 12.4 Å². The number of nitrogens with zero attached hydrogens (tertiary/aromatic N) is 1. The highest BCUT2D eigenvalue weighted by atomic mass is 16.7. The summed E-state index contributed by atoms with van der Waals surface area (Å²) in [4.78, 5) is 17.3. The summed E-state index contributed by atoms with van der Waals surface area (Å²) >= 11 is 0. The number of ether oxygens (including phenoxy) is 2. The lowest BCUT2D eigenvalue weighted by Crippen LogP contribution is -2.14. The standard InChI is InChI=1S/C17H24N2O3/c1-19(2)10-5-4-7-13-11-15-14(17(20)18-13)8-6-9-16(15)22-12-21-3/h6,8-9,11H,4-5,7,10,12H2,1-3H3,(H,18,20). The summed E-state index contributed by atoms with van der Waals surface area (Å²) in [7, 11) is 5.71. The van der Waals surface area contributed by atoms with Crippen molar-refractivity contribution in [3.05, 3.63) is 40.3 Å². The third-order valence-electron chi connectivity index (χ3n) is 3.54. The molecule has 5 nitrogen and oxygen atoms in total. The van der Waals surface area contributed by atoms with Gasteiger partial charge in [0.05, 0.1) is 5.39 Å². The molecule has 1 aromatic carbocycles. The van der Waals surface area contributed by atoms with Gasteiger partial charge in [0.15, 0.2) is 6.79 Å². The van der Waals surface area contributed by atoms with Crippen LogP contribution in [0.3, 0.4) is 0 Å². The van der Waals surface area contributed by atoms with E-state index in [4.69, 9.17) is 9.47 Å². The molecule has 0 saturated carbocycles. The second-order valence-corrected chi connectivity index (χ2v) is 5.65. The zero-order chi connectivity index (χ0) is 15.9. The van der Waals surface area contributed by atoms with E-state index >= 15 is 0 Å². The van der Waals surface area contributed by atoms with Gasteiger partial charge in [-0.2, -0.15) is 0 Å². The molecule has 5 heteroatoms. The van der Waals surface area contributed by atoms with Crippen molar-refractivity contribution in [2.24, 2.45) is 0 Å². The van der Waals surface area contributed by atoms with Gasteiger partial charge in [0.2, 0.25) is 0 Å². The first-order chi connectivity index (χ1) is 10.6. The molecule has 1 heterocycles. The van der Waals surface area contributed by atoms with Crippen LogP contribution < -0.4 is 10.3 Å². The molecule has 2 aromatic rings. The van der Waals surface area contributed by atoms with Crippen LogP contribution in [-0.2, 0) is 11.2 Å². The van der Waals surface area contributed by atoms with Crippen molar-refractivity contribution in [2.45, 2.75) is 19.3 Å². The number of hydrogen-bond acceptors (Lipinski definition) is 4. The minimum atomic E-state index is -0.0667.